The Labute approximate surface area is 128 Å². The summed E-state index contributed by atoms with van der Waals surface area (Å²) in [5.41, 5.74) is -0.493. The SMILES string of the molecule is CNC(CN1CCN(CC2CC2)CC1)(C(=O)OC)C1CC1. The molecule has 1 saturated heterocycles. The van der Waals surface area contributed by atoms with Crippen molar-refractivity contribution in [3.63, 3.8) is 0 Å². The molecular formula is C16H29N3O2. The van der Waals surface area contributed by atoms with Crippen molar-refractivity contribution in [1.82, 2.24) is 15.1 Å². The lowest BCUT2D eigenvalue weighted by Crippen LogP contribution is -2.62. The summed E-state index contributed by atoms with van der Waals surface area (Å²) >= 11 is 0. The second kappa shape index (κ2) is 6.23. The predicted molar refractivity (Wildman–Crippen MR) is 82.1 cm³/mol. The van der Waals surface area contributed by atoms with Gasteiger partial charge in [-0.1, -0.05) is 0 Å². The van der Waals surface area contributed by atoms with Crippen molar-refractivity contribution >= 4 is 5.97 Å². The Morgan fingerprint density at radius 3 is 2.24 bits per heavy atom. The minimum atomic E-state index is -0.493. The van der Waals surface area contributed by atoms with Crippen molar-refractivity contribution in [2.24, 2.45) is 11.8 Å². The van der Waals surface area contributed by atoms with Crippen molar-refractivity contribution in [3.05, 3.63) is 0 Å². The third-order valence-corrected chi connectivity index (χ3v) is 5.42. The van der Waals surface area contributed by atoms with Crippen LogP contribution in [-0.2, 0) is 9.53 Å². The second-order valence-electron chi connectivity index (χ2n) is 7.01. The van der Waals surface area contributed by atoms with Crippen LogP contribution < -0.4 is 5.32 Å². The van der Waals surface area contributed by atoms with E-state index in [1.807, 2.05) is 7.05 Å². The highest BCUT2D eigenvalue weighted by Crippen LogP contribution is 2.41. The maximum atomic E-state index is 12.3. The molecule has 1 heterocycles. The molecule has 21 heavy (non-hydrogen) atoms. The summed E-state index contributed by atoms with van der Waals surface area (Å²) in [5.74, 6) is 1.32. The minimum Gasteiger partial charge on any atom is -0.468 e. The molecule has 0 aromatic heterocycles. The molecule has 5 heteroatoms. The van der Waals surface area contributed by atoms with Gasteiger partial charge in [0, 0.05) is 39.3 Å². The highest BCUT2D eigenvalue weighted by atomic mass is 16.5. The van der Waals surface area contributed by atoms with Crippen LogP contribution >= 0.6 is 0 Å². The fourth-order valence-corrected chi connectivity index (χ4v) is 3.65. The van der Waals surface area contributed by atoms with E-state index in [0.29, 0.717) is 5.92 Å². The van der Waals surface area contributed by atoms with Gasteiger partial charge in [-0.05, 0) is 44.6 Å². The van der Waals surface area contributed by atoms with Crippen LogP contribution in [0.25, 0.3) is 0 Å². The molecule has 2 aliphatic carbocycles. The first kappa shape index (κ1) is 15.3. The zero-order valence-corrected chi connectivity index (χ0v) is 13.4. The smallest absolute Gasteiger partial charge is 0.327 e. The summed E-state index contributed by atoms with van der Waals surface area (Å²) in [4.78, 5) is 17.3. The average molecular weight is 295 g/mol. The van der Waals surface area contributed by atoms with E-state index in [0.717, 1.165) is 51.5 Å². The normalized spacial score (nSPS) is 27.3. The number of carbonyl (C=O) groups excluding carboxylic acids is 1. The maximum Gasteiger partial charge on any atom is 0.327 e. The van der Waals surface area contributed by atoms with E-state index >= 15 is 0 Å². The number of nitrogens with one attached hydrogen (secondary N) is 1. The molecule has 0 spiro atoms. The van der Waals surface area contributed by atoms with Crippen LogP contribution in [0.15, 0.2) is 0 Å². The van der Waals surface area contributed by atoms with Crippen molar-refractivity contribution in [3.8, 4) is 0 Å². The molecule has 3 fully saturated rings. The van der Waals surface area contributed by atoms with Gasteiger partial charge in [0.2, 0.25) is 0 Å². The van der Waals surface area contributed by atoms with Crippen LogP contribution in [-0.4, -0.2) is 74.7 Å². The van der Waals surface area contributed by atoms with E-state index in [4.69, 9.17) is 4.74 Å². The van der Waals surface area contributed by atoms with E-state index in [2.05, 4.69) is 15.1 Å². The number of likely N-dealkylation sites (N-methyl/N-ethyl adjacent to an activating group) is 1. The van der Waals surface area contributed by atoms with Gasteiger partial charge in [0.15, 0.2) is 0 Å². The fourth-order valence-electron chi connectivity index (χ4n) is 3.65. The summed E-state index contributed by atoms with van der Waals surface area (Å²) < 4.78 is 5.09. The van der Waals surface area contributed by atoms with Gasteiger partial charge in [-0.3, -0.25) is 4.90 Å². The monoisotopic (exact) mass is 295 g/mol. The molecule has 5 nitrogen and oxygen atoms in total. The first-order valence-corrected chi connectivity index (χ1v) is 8.40. The zero-order valence-electron chi connectivity index (χ0n) is 13.4. The van der Waals surface area contributed by atoms with Crippen molar-refractivity contribution in [1.29, 1.82) is 0 Å². The Bertz CT molecular complexity index is 374. The van der Waals surface area contributed by atoms with Gasteiger partial charge >= 0.3 is 5.97 Å². The molecule has 2 saturated carbocycles. The van der Waals surface area contributed by atoms with Crippen LogP contribution in [0.2, 0.25) is 0 Å². The molecular weight excluding hydrogens is 266 g/mol. The number of carbonyl (C=O) groups is 1. The molecule has 0 radical (unpaired) electrons. The highest BCUT2D eigenvalue weighted by molar-refractivity contribution is 5.82. The number of ether oxygens (including phenoxy) is 1. The molecule has 1 unspecified atom stereocenters. The van der Waals surface area contributed by atoms with Crippen LogP contribution in [0.4, 0.5) is 0 Å². The summed E-state index contributed by atoms with van der Waals surface area (Å²) in [5, 5.41) is 3.30. The van der Waals surface area contributed by atoms with E-state index in [9.17, 15) is 4.79 Å². The standard InChI is InChI=1S/C16H29N3O2/c1-17-16(14-5-6-14,15(20)21-2)12-19-9-7-18(8-10-19)11-13-3-4-13/h13-14,17H,3-12H2,1-2H3. The molecule has 1 N–H and O–H groups in total. The summed E-state index contributed by atoms with van der Waals surface area (Å²) in [7, 11) is 3.41. The summed E-state index contributed by atoms with van der Waals surface area (Å²) in [6.45, 7) is 6.49. The molecule has 0 bridgehead atoms. The maximum absolute atomic E-state index is 12.3. The van der Waals surface area contributed by atoms with Crippen LogP contribution in [0, 0.1) is 11.8 Å². The molecule has 1 atom stereocenters. The number of rotatable bonds is 7. The minimum absolute atomic E-state index is 0.0899. The second-order valence-corrected chi connectivity index (χ2v) is 7.01. The van der Waals surface area contributed by atoms with Gasteiger partial charge in [0.1, 0.15) is 5.54 Å². The molecule has 0 aromatic rings. The van der Waals surface area contributed by atoms with E-state index in [1.165, 1.54) is 26.5 Å². The Morgan fingerprint density at radius 2 is 1.76 bits per heavy atom. The largest absolute Gasteiger partial charge is 0.468 e. The van der Waals surface area contributed by atoms with Crippen LogP contribution in [0.1, 0.15) is 25.7 Å². The highest BCUT2D eigenvalue weighted by Gasteiger charge is 2.51. The van der Waals surface area contributed by atoms with Gasteiger partial charge in [0.05, 0.1) is 7.11 Å². The number of hydrogen-bond donors (Lipinski definition) is 1. The Morgan fingerprint density at radius 1 is 1.14 bits per heavy atom. The van der Waals surface area contributed by atoms with Crippen LogP contribution in [0.3, 0.4) is 0 Å². The number of piperazine rings is 1. The lowest BCUT2D eigenvalue weighted by molar-refractivity contribution is -0.150. The lowest BCUT2D eigenvalue weighted by atomic mass is 9.92. The fraction of sp³-hybridized carbons (Fsp3) is 0.938. The first-order valence-electron chi connectivity index (χ1n) is 8.40. The third-order valence-electron chi connectivity index (χ3n) is 5.42. The van der Waals surface area contributed by atoms with Crippen molar-refractivity contribution in [2.45, 2.75) is 31.2 Å². The molecule has 3 rings (SSSR count). The van der Waals surface area contributed by atoms with Crippen LogP contribution in [0.5, 0.6) is 0 Å². The summed E-state index contributed by atoms with van der Waals surface area (Å²) in [6, 6.07) is 0. The number of methoxy groups -OCH3 is 1. The Kier molecular flexibility index (Phi) is 4.52. The molecule has 0 aromatic carbocycles. The Balaban J connectivity index is 1.55. The average Bonchev–Trinajstić information content (AvgIpc) is 3.38. The van der Waals surface area contributed by atoms with Gasteiger partial charge in [-0.2, -0.15) is 0 Å². The predicted octanol–water partition coefficient (Wildman–Crippen LogP) is 0.555. The number of hydrogen-bond acceptors (Lipinski definition) is 5. The van der Waals surface area contributed by atoms with Gasteiger partial charge in [0.25, 0.3) is 0 Å². The summed E-state index contributed by atoms with van der Waals surface area (Å²) in [6.07, 6.45) is 5.12. The third kappa shape index (κ3) is 3.41. The number of esters is 1. The van der Waals surface area contributed by atoms with Crippen molar-refractivity contribution in [2.75, 3.05) is 53.4 Å². The van der Waals surface area contributed by atoms with Crippen molar-refractivity contribution < 1.29 is 9.53 Å². The van der Waals surface area contributed by atoms with Gasteiger partial charge < -0.3 is 15.0 Å². The first-order chi connectivity index (χ1) is 10.2. The zero-order chi connectivity index (χ0) is 14.9. The lowest BCUT2D eigenvalue weighted by Gasteiger charge is -2.40. The molecule has 120 valence electrons. The van der Waals surface area contributed by atoms with E-state index in [1.54, 1.807) is 0 Å². The Hall–Kier alpha value is -0.650. The van der Waals surface area contributed by atoms with E-state index in [-0.39, 0.29) is 5.97 Å². The van der Waals surface area contributed by atoms with E-state index < -0.39 is 5.54 Å². The van der Waals surface area contributed by atoms with Gasteiger partial charge in [-0.15, -0.1) is 0 Å². The number of nitrogens with zero attached hydrogens (tertiary/aromatic N) is 2. The van der Waals surface area contributed by atoms with Gasteiger partial charge in [-0.25, -0.2) is 4.79 Å². The molecule has 1 aliphatic heterocycles. The molecule has 0 amide bonds. The molecule has 3 aliphatic rings. The topological polar surface area (TPSA) is 44.8 Å². The quantitative estimate of drug-likeness (QED) is 0.695.